The van der Waals surface area contributed by atoms with E-state index in [1.807, 2.05) is 31.2 Å². The smallest absolute Gasteiger partial charge is 0.259 e. The maximum absolute atomic E-state index is 12.7. The van der Waals surface area contributed by atoms with E-state index in [1.165, 1.54) is 11.7 Å². The van der Waals surface area contributed by atoms with E-state index in [9.17, 15) is 9.59 Å². The minimum Gasteiger partial charge on any atom is -0.493 e. The van der Waals surface area contributed by atoms with E-state index in [2.05, 4.69) is 5.32 Å². The van der Waals surface area contributed by atoms with Crippen LogP contribution in [0.5, 0.6) is 11.5 Å². The second-order valence-corrected chi connectivity index (χ2v) is 5.88. The molecule has 26 heavy (non-hydrogen) atoms. The molecule has 3 aromatic rings. The average molecular weight is 352 g/mol. The van der Waals surface area contributed by atoms with Gasteiger partial charge in [-0.3, -0.25) is 9.59 Å². The molecule has 0 fully saturated rings. The zero-order valence-electron chi connectivity index (χ0n) is 14.9. The summed E-state index contributed by atoms with van der Waals surface area (Å²) in [5.41, 5.74) is 1.12. The van der Waals surface area contributed by atoms with Gasteiger partial charge in [-0.2, -0.15) is 0 Å². The monoisotopic (exact) mass is 352 g/mol. The highest BCUT2D eigenvalue weighted by molar-refractivity contribution is 5.91. The fourth-order valence-electron chi connectivity index (χ4n) is 2.88. The molecule has 1 heterocycles. The number of aryl methyl sites for hydroxylation is 1. The standard InChI is InChI=1S/C20H20N2O4/c1-13-10-14-6-4-5-7-16(14)20(24)22(13)12-19(23)21-15-8-9-17(25-2)18(11-15)26-3/h4-11H,12H2,1-3H3,(H,21,23). The first-order valence-electron chi connectivity index (χ1n) is 8.14. The van der Waals surface area contributed by atoms with E-state index in [-0.39, 0.29) is 18.0 Å². The van der Waals surface area contributed by atoms with Crippen molar-refractivity contribution >= 4 is 22.4 Å². The molecule has 1 amide bonds. The van der Waals surface area contributed by atoms with Crippen LogP contribution >= 0.6 is 0 Å². The molecule has 3 rings (SSSR count). The van der Waals surface area contributed by atoms with Crippen LogP contribution in [-0.2, 0) is 11.3 Å². The third kappa shape index (κ3) is 3.39. The Morgan fingerprint density at radius 3 is 2.50 bits per heavy atom. The second kappa shape index (κ2) is 7.31. The molecule has 0 atom stereocenters. The van der Waals surface area contributed by atoms with E-state index < -0.39 is 0 Å². The fraction of sp³-hybridized carbons (Fsp3) is 0.200. The topological polar surface area (TPSA) is 69.6 Å². The number of amides is 1. The van der Waals surface area contributed by atoms with E-state index in [0.29, 0.717) is 22.6 Å². The Labute approximate surface area is 151 Å². The summed E-state index contributed by atoms with van der Waals surface area (Å²) in [5, 5.41) is 4.25. The average Bonchev–Trinajstić information content (AvgIpc) is 2.65. The van der Waals surface area contributed by atoms with Gasteiger partial charge in [0.05, 0.1) is 14.2 Å². The maximum Gasteiger partial charge on any atom is 0.259 e. The summed E-state index contributed by atoms with van der Waals surface area (Å²) in [7, 11) is 3.08. The zero-order chi connectivity index (χ0) is 18.7. The number of fused-ring (bicyclic) bond motifs is 1. The summed E-state index contributed by atoms with van der Waals surface area (Å²) in [6.45, 7) is 1.75. The number of nitrogens with one attached hydrogen (secondary N) is 1. The van der Waals surface area contributed by atoms with Gasteiger partial charge < -0.3 is 19.4 Å². The first-order chi connectivity index (χ1) is 12.5. The Kier molecular flexibility index (Phi) is 4.93. The van der Waals surface area contributed by atoms with E-state index >= 15 is 0 Å². The molecule has 0 radical (unpaired) electrons. The molecule has 6 heteroatoms. The van der Waals surface area contributed by atoms with Crippen molar-refractivity contribution in [3.8, 4) is 11.5 Å². The number of aromatic nitrogens is 1. The summed E-state index contributed by atoms with van der Waals surface area (Å²) in [6.07, 6.45) is 0. The largest absolute Gasteiger partial charge is 0.493 e. The van der Waals surface area contributed by atoms with Crippen LogP contribution in [0.1, 0.15) is 5.69 Å². The summed E-state index contributed by atoms with van der Waals surface area (Å²) in [6, 6.07) is 14.4. The van der Waals surface area contributed by atoms with Crippen molar-refractivity contribution < 1.29 is 14.3 Å². The van der Waals surface area contributed by atoms with Gasteiger partial charge in [0, 0.05) is 22.8 Å². The predicted molar refractivity (Wildman–Crippen MR) is 101 cm³/mol. The van der Waals surface area contributed by atoms with Crippen molar-refractivity contribution in [3.63, 3.8) is 0 Å². The van der Waals surface area contributed by atoms with E-state index in [1.54, 1.807) is 31.4 Å². The molecule has 0 unspecified atom stereocenters. The number of methoxy groups -OCH3 is 2. The Bertz CT molecular complexity index is 1020. The Morgan fingerprint density at radius 2 is 1.77 bits per heavy atom. The molecule has 2 aromatic carbocycles. The number of hydrogen-bond donors (Lipinski definition) is 1. The zero-order valence-corrected chi connectivity index (χ0v) is 14.9. The Balaban J connectivity index is 1.85. The molecular formula is C20H20N2O4. The van der Waals surface area contributed by atoms with Crippen LogP contribution in [0.15, 0.2) is 53.3 Å². The summed E-state index contributed by atoms with van der Waals surface area (Å²) < 4.78 is 11.9. The highest BCUT2D eigenvalue weighted by Crippen LogP contribution is 2.29. The Hall–Kier alpha value is -3.28. The van der Waals surface area contributed by atoms with Crippen molar-refractivity contribution in [2.45, 2.75) is 13.5 Å². The van der Waals surface area contributed by atoms with Crippen molar-refractivity contribution in [2.24, 2.45) is 0 Å². The van der Waals surface area contributed by atoms with Gasteiger partial charge in [0.1, 0.15) is 6.54 Å². The van der Waals surface area contributed by atoms with Crippen LogP contribution in [0, 0.1) is 6.92 Å². The SMILES string of the molecule is COc1ccc(NC(=O)Cn2c(C)cc3ccccc3c2=O)cc1OC. The number of rotatable bonds is 5. The summed E-state index contributed by atoms with van der Waals surface area (Å²) in [4.78, 5) is 25.1. The van der Waals surface area contributed by atoms with Crippen LogP contribution in [0.3, 0.4) is 0 Å². The van der Waals surface area contributed by atoms with Gasteiger partial charge in [-0.15, -0.1) is 0 Å². The number of anilines is 1. The van der Waals surface area contributed by atoms with Gasteiger partial charge in [-0.1, -0.05) is 18.2 Å². The van der Waals surface area contributed by atoms with Gasteiger partial charge in [0.2, 0.25) is 5.91 Å². The minimum absolute atomic E-state index is 0.0656. The van der Waals surface area contributed by atoms with Crippen molar-refractivity contribution in [1.29, 1.82) is 0 Å². The molecule has 6 nitrogen and oxygen atoms in total. The third-order valence-corrected chi connectivity index (χ3v) is 4.20. The fourth-order valence-corrected chi connectivity index (χ4v) is 2.88. The van der Waals surface area contributed by atoms with Gasteiger partial charge in [-0.25, -0.2) is 0 Å². The molecule has 0 bridgehead atoms. The molecule has 0 aliphatic rings. The third-order valence-electron chi connectivity index (χ3n) is 4.20. The second-order valence-electron chi connectivity index (χ2n) is 5.88. The molecule has 0 spiro atoms. The van der Waals surface area contributed by atoms with Crippen LogP contribution in [-0.4, -0.2) is 24.7 Å². The number of carbonyl (C=O) groups is 1. The molecule has 1 aromatic heterocycles. The lowest BCUT2D eigenvalue weighted by molar-refractivity contribution is -0.116. The van der Waals surface area contributed by atoms with E-state index in [4.69, 9.17) is 9.47 Å². The quantitative estimate of drug-likeness (QED) is 0.766. The number of benzene rings is 2. The normalized spacial score (nSPS) is 10.6. The summed E-state index contributed by atoms with van der Waals surface area (Å²) in [5.74, 6) is 0.800. The van der Waals surface area contributed by atoms with Gasteiger partial charge in [-0.05, 0) is 36.6 Å². The van der Waals surface area contributed by atoms with Crippen molar-refractivity contribution in [3.05, 3.63) is 64.6 Å². The van der Waals surface area contributed by atoms with Crippen LogP contribution in [0.4, 0.5) is 5.69 Å². The van der Waals surface area contributed by atoms with E-state index in [0.717, 1.165) is 11.1 Å². The highest BCUT2D eigenvalue weighted by Gasteiger charge is 2.12. The van der Waals surface area contributed by atoms with Crippen LogP contribution in [0.2, 0.25) is 0 Å². The lowest BCUT2D eigenvalue weighted by atomic mass is 10.1. The lowest BCUT2D eigenvalue weighted by Crippen LogP contribution is -2.29. The molecule has 134 valence electrons. The van der Waals surface area contributed by atoms with Gasteiger partial charge in [0.25, 0.3) is 5.56 Å². The highest BCUT2D eigenvalue weighted by atomic mass is 16.5. The number of nitrogens with zero attached hydrogens (tertiary/aromatic N) is 1. The maximum atomic E-state index is 12.7. The van der Waals surface area contributed by atoms with Gasteiger partial charge in [0.15, 0.2) is 11.5 Å². The minimum atomic E-state index is -0.294. The van der Waals surface area contributed by atoms with Crippen molar-refractivity contribution in [2.75, 3.05) is 19.5 Å². The number of pyridine rings is 1. The first-order valence-corrected chi connectivity index (χ1v) is 8.14. The number of ether oxygens (including phenoxy) is 2. The lowest BCUT2D eigenvalue weighted by Gasteiger charge is -2.13. The molecule has 0 saturated heterocycles. The molecule has 1 N–H and O–H groups in total. The van der Waals surface area contributed by atoms with Gasteiger partial charge >= 0.3 is 0 Å². The molecule has 0 aliphatic heterocycles. The van der Waals surface area contributed by atoms with Crippen molar-refractivity contribution in [1.82, 2.24) is 4.57 Å². The molecule has 0 aliphatic carbocycles. The molecular weight excluding hydrogens is 332 g/mol. The first kappa shape index (κ1) is 17.5. The predicted octanol–water partition coefficient (Wildman–Crippen LogP) is 2.97. The van der Waals surface area contributed by atoms with Crippen LogP contribution < -0.4 is 20.3 Å². The molecule has 0 saturated carbocycles. The summed E-state index contributed by atoms with van der Waals surface area (Å²) >= 11 is 0. The number of carbonyl (C=O) groups excluding carboxylic acids is 1. The number of hydrogen-bond acceptors (Lipinski definition) is 4. The van der Waals surface area contributed by atoms with Crippen LogP contribution in [0.25, 0.3) is 10.8 Å². The Morgan fingerprint density at radius 1 is 1.04 bits per heavy atom.